The Morgan fingerprint density at radius 1 is 0.520 bits per heavy atom. The van der Waals surface area contributed by atoms with Crippen LogP contribution in [0.1, 0.15) is 22.9 Å². The van der Waals surface area contributed by atoms with Crippen LogP contribution < -0.4 is 5.32 Å². The van der Waals surface area contributed by atoms with E-state index in [0.717, 1.165) is 55.6 Å². The standard InChI is InChI=1S/C45H29N3OS/c1-3-13-28(14-4-1)30-17-9-18-31(27-30)43-46-44(48-45(47-43)36-23-10-21-34-33-19-7-8-24-37(33)49-42(34)36)35-22-12-26-39-41(35)40-32(20-11-25-38(40)50-39)29-15-5-2-6-16-29/h1-27,44H,(H,46,47,48). The highest BCUT2D eigenvalue weighted by atomic mass is 32.1. The van der Waals surface area contributed by atoms with Gasteiger partial charge in [-0.1, -0.05) is 133 Å². The van der Waals surface area contributed by atoms with Crippen LogP contribution in [0.4, 0.5) is 0 Å². The SMILES string of the molecule is c1ccc(-c2cccc(C3=NC(c4cccc5c4oc4ccccc45)=NC(c4cccc5sc6cccc(-c7ccccc7)c6c45)N3)c2)cc1. The summed E-state index contributed by atoms with van der Waals surface area (Å²) in [5.74, 6) is 1.41. The normalized spacial score (nSPS) is 14.6. The fraction of sp³-hybridized carbons (Fsp3) is 0.0222. The van der Waals surface area contributed by atoms with Crippen LogP contribution in [0.3, 0.4) is 0 Å². The molecule has 5 heteroatoms. The summed E-state index contributed by atoms with van der Waals surface area (Å²) in [5, 5.41) is 8.38. The molecule has 1 atom stereocenters. The van der Waals surface area contributed by atoms with Gasteiger partial charge in [0.25, 0.3) is 0 Å². The molecule has 7 aromatic carbocycles. The Morgan fingerprint density at radius 3 is 2.02 bits per heavy atom. The first-order valence-corrected chi connectivity index (χ1v) is 17.6. The summed E-state index contributed by atoms with van der Waals surface area (Å²) >= 11 is 1.83. The molecule has 0 fully saturated rings. The Balaban J connectivity index is 1.20. The molecule has 1 aliphatic heterocycles. The Hall–Kier alpha value is -6.30. The quantitative estimate of drug-likeness (QED) is 0.200. The van der Waals surface area contributed by atoms with E-state index >= 15 is 0 Å². The lowest BCUT2D eigenvalue weighted by Gasteiger charge is -2.25. The first-order valence-electron chi connectivity index (χ1n) is 16.8. The molecule has 1 aliphatic rings. The van der Waals surface area contributed by atoms with Gasteiger partial charge in [-0.15, -0.1) is 11.3 Å². The van der Waals surface area contributed by atoms with E-state index in [1.165, 1.54) is 31.3 Å². The summed E-state index contributed by atoms with van der Waals surface area (Å²) in [6.07, 6.45) is -0.400. The van der Waals surface area contributed by atoms with Crippen molar-refractivity contribution in [3.05, 3.63) is 180 Å². The number of rotatable bonds is 5. The highest BCUT2D eigenvalue weighted by molar-refractivity contribution is 7.26. The van der Waals surface area contributed by atoms with Gasteiger partial charge in [-0.25, -0.2) is 9.98 Å². The monoisotopic (exact) mass is 659 g/mol. The zero-order chi connectivity index (χ0) is 33.0. The van der Waals surface area contributed by atoms with Gasteiger partial charge in [0.15, 0.2) is 5.84 Å². The van der Waals surface area contributed by atoms with Crippen molar-refractivity contribution < 1.29 is 4.42 Å². The lowest BCUT2D eigenvalue weighted by atomic mass is 9.96. The van der Waals surface area contributed by atoms with Crippen molar-refractivity contribution in [2.75, 3.05) is 0 Å². The van der Waals surface area contributed by atoms with Crippen molar-refractivity contribution in [1.29, 1.82) is 0 Å². The summed E-state index contributed by atoms with van der Waals surface area (Å²) in [4.78, 5) is 10.6. The van der Waals surface area contributed by atoms with Crippen LogP contribution in [-0.2, 0) is 0 Å². The predicted molar refractivity (Wildman–Crippen MR) is 209 cm³/mol. The average molecular weight is 660 g/mol. The van der Waals surface area contributed by atoms with Crippen LogP contribution in [0.15, 0.2) is 178 Å². The number of hydrogen-bond donors (Lipinski definition) is 1. The van der Waals surface area contributed by atoms with Crippen molar-refractivity contribution in [1.82, 2.24) is 5.32 Å². The number of nitrogens with zero attached hydrogens (tertiary/aromatic N) is 2. The number of amidine groups is 2. The van der Waals surface area contributed by atoms with Gasteiger partial charge >= 0.3 is 0 Å². The molecule has 0 spiro atoms. The summed E-state index contributed by atoms with van der Waals surface area (Å²) < 4.78 is 8.99. The lowest BCUT2D eigenvalue weighted by Crippen LogP contribution is -2.33. The van der Waals surface area contributed by atoms with E-state index in [9.17, 15) is 0 Å². The van der Waals surface area contributed by atoms with E-state index in [4.69, 9.17) is 14.4 Å². The van der Waals surface area contributed by atoms with Gasteiger partial charge in [0.05, 0.1) is 5.56 Å². The second-order valence-electron chi connectivity index (χ2n) is 12.6. The Kier molecular flexibility index (Phi) is 6.71. The van der Waals surface area contributed by atoms with Crippen molar-refractivity contribution in [2.45, 2.75) is 6.17 Å². The van der Waals surface area contributed by atoms with Gasteiger partial charge < -0.3 is 9.73 Å². The third-order valence-corrected chi connectivity index (χ3v) is 10.7. The van der Waals surface area contributed by atoms with Gasteiger partial charge in [-0.05, 0) is 52.6 Å². The van der Waals surface area contributed by atoms with E-state index < -0.39 is 6.17 Å². The number of thiophene rings is 1. The molecule has 0 saturated carbocycles. The smallest absolute Gasteiger partial charge is 0.163 e. The maximum absolute atomic E-state index is 6.51. The number of fused-ring (bicyclic) bond motifs is 6. The zero-order valence-corrected chi connectivity index (χ0v) is 27.7. The number of para-hydroxylation sites is 2. The molecule has 0 radical (unpaired) electrons. The van der Waals surface area contributed by atoms with E-state index in [-0.39, 0.29) is 0 Å². The average Bonchev–Trinajstić information content (AvgIpc) is 3.77. The van der Waals surface area contributed by atoms with Crippen molar-refractivity contribution in [2.24, 2.45) is 9.98 Å². The van der Waals surface area contributed by atoms with Crippen LogP contribution in [0.5, 0.6) is 0 Å². The van der Waals surface area contributed by atoms with Crippen LogP contribution in [-0.4, -0.2) is 11.7 Å². The molecule has 9 aromatic rings. The van der Waals surface area contributed by atoms with Gasteiger partial charge in [-0.3, -0.25) is 0 Å². The van der Waals surface area contributed by atoms with Crippen molar-refractivity contribution >= 4 is 65.1 Å². The summed E-state index contributed by atoms with van der Waals surface area (Å²) in [7, 11) is 0. The largest absolute Gasteiger partial charge is 0.455 e. The molecule has 50 heavy (non-hydrogen) atoms. The molecule has 3 heterocycles. The minimum Gasteiger partial charge on any atom is -0.455 e. The van der Waals surface area contributed by atoms with E-state index in [1.54, 1.807) is 0 Å². The van der Waals surface area contributed by atoms with Crippen LogP contribution >= 0.6 is 11.3 Å². The van der Waals surface area contributed by atoms with Crippen LogP contribution in [0.2, 0.25) is 0 Å². The molecular formula is C45H29N3OS. The molecule has 1 N–H and O–H groups in total. The number of furan rings is 1. The molecule has 0 saturated heterocycles. The molecule has 4 nitrogen and oxygen atoms in total. The number of hydrogen-bond acceptors (Lipinski definition) is 5. The van der Waals surface area contributed by atoms with Crippen LogP contribution in [0, 0.1) is 0 Å². The molecular weight excluding hydrogens is 631 g/mol. The molecule has 10 rings (SSSR count). The number of benzene rings is 7. The first-order chi connectivity index (χ1) is 24.8. The summed E-state index contributed by atoms with van der Waals surface area (Å²) in [6, 6.07) is 57.3. The molecule has 236 valence electrons. The highest BCUT2D eigenvalue weighted by Crippen LogP contribution is 2.43. The zero-order valence-electron chi connectivity index (χ0n) is 26.9. The van der Waals surface area contributed by atoms with E-state index in [2.05, 4.69) is 145 Å². The van der Waals surface area contributed by atoms with Gasteiger partial charge in [0.2, 0.25) is 0 Å². The molecule has 1 unspecified atom stereocenters. The van der Waals surface area contributed by atoms with E-state index in [0.29, 0.717) is 5.84 Å². The molecule has 2 aromatic heterocycles. The number of aliphatic imine (C=N–C) groups is 2. The Bertz CT molecular complexity index is 2790. The molecule has 0 bridgehead atoms. The molecule has 0 amide bonds. The Labute approximate surface area is 292 Å². The number of nitrogens with one attached hydrogen (secondary N) is 1. The van der Waals surface area contributed by atoms with Crippen molar-refractivity contribution in [3.8, 4) is 22.3 Å². The lowest BCUT2D eigenvalue weighted by molar-refractivity contribution is 0.664. The summed E-state index contributed by atoms with van der Waals surface area (Å²) in [6.45, 7) is 0. The minimum atomic E-state index is -0.400. The van der Waals surface area contributed by atoms with Crippen LogP contribution in [0.25, 0.3) is 64.4 Å². The second-order valence-corrected chi connectivity index (χ2v) is 13.6. The third-order valence-electron chi connectivity index (χ3n) is 9.56. The van der Waals surface area contributed by atoms with Gasteiger partial charge in [0, 0.05) is 42.1 Å². The Morgan fingerprint density at radius 2 is 1.16 bits per heavy atom. The fourth-order valence-electron chi connectivity index (χ4n) is 7.26. The topological polar surface area (TPSA) is 49.9 Å². The fourth-order valence-corrected chi connectivity index (χ4v) is 8.42. The van der Waals surface area contributed by atoms with Crippen molar-refractivity contribution in [3.63, 3.8) is 0 Å². The molecule has 0 aliphatic carbocycles. The summed E-state index contributed by atoms with van der Waals surface area (Å²) in [5.41, 5.74) is 9.32. The minimum absolute atomic E-state index is 0.400. The predicted octanol–water partition coefficient (Wildman–Crippen LogP) is 11.8. The van der Waals surface area contributed by atoms with Gasteiger partial charge in [0.1, 0.15) is 23.2 Å². The third kappa shape index (κ3) is 4.74. The van der Waals surface area contributed by atoms with E-state index in [1.807, 2.05) is 35.6 Å². The maximum atomic E-state index is 6.51. The second kappa shape index (κ2) is 11.7. The maximum Gasteiger partial charge on any atom is 0.163 e. The first kappa shape index (κ1) is 28.7. The van der Waals surface area contributed by atoms with Gasteiger partial charge in [-0.2, -0.15) is 0 Å². The highest BCUT2D eigenvalue weighted by Gasteiger charge is 2.26.